The number of nitrogens with one attached hydrogen (secondary N) is 1. The van der Waals surface area contributed by atoms with Gasteiger partial charge in [-0.05, 0) is 6.92 Å². The van der Waals surface area contributed by atoms with Crippen molar-refractivity contribution in [2.24, 2.45) is 0 Å². The Bertz CT molecular complexity index is 278. The van der Waals surface area contributed by atoms with Gasteiger partial charge >= 0.3 is 0 Å². The van der Waals surface area contributed by atoms with Crippen molar-refractivity contribution < 1.29 is 9.63 Å². The van der Waals surface area contributed by atoms with Crippen molar-refractivity contribution in [2.75, 3.05) is 13.1 Å². The maximum absolute atomic E-state index is 9.77. The van der Waals surface area contributed by atoms with Crippen LogP contribution in [0.2, 0.25) is 0 Å². The molecule has 2 N–H and O–H groups in total. The molecule has 0 amide bonds. The monoisotopic (exact) mass is 168 g/mol. The predicted octanol–water partition coefficient (Wildman–Crippen LogP) is -0.140. The van der Waals surface area contributed by atoms with Gasteiger partial charge < -0.3 is 14.9 Å². The summed E-state index contributed by atoms with van der Waals surface area (Å²) in [6.45, 7) is 3.19. The first-order valence-electron chi connectivity index (χ1n) is 4.03. The van der Waals surface area contributed by atoms with E-state index >= 15 is 0 Å². The third kappa shape index (κ3) is 1.23. The molecule has 0 saturated carbocycles. The number of nitrogens with zero attached hydrogens (tertiary/aromatic N) is 1. The second-order valence-corrected chi connectivity index (χ2v) is 3.41. The van der Waals surface area contributed by atoms with E-state index in [1.807, 2.05) is 6.92 Å². The summed E-state index contributed by atoms with van der Waals surface area (Å²) in [5, 5.41) is 16.5. The van der Waals surface area contributed by atoms with Crippen molar-refractivity contribution in [2.45, 2.75) is 18.9 Å². The molecule has 0 aliphatic carbocycles. The Labute approximate surface area is 70.6 Å². The van der Waals surface area contributed by atoms with Crippen molar-refractivity contribution in [3.63, 3.8) is 0 Å². The van der Waals surface area contributed by atoms with E-state index in [1.54, 1.807) is 6.20 Å². The lowest BCUT2D eigenvalue weighted by atomic mass is 9.90. The maximum atomic E-state index is 9.77. The molecule has 1 fully saturated rings. The smallest absolute Gasteiger partial charge is 0.136 e. The van der Waals surface area contributed by atoms with E-state index in [4.69, 9.17) is 4.52 Å². The molecule has 1 aliphatic rings. The van der Waals surface area contributed by atoms with E-state index in [1.165, 1.54) is 0 Å². The molecule has 2 rings (SSSR count). The summed E-state index contributed by atoms with van der Waals surface area (Å²) in [7, 11) is 0. The number of rotatable bonds is 2. The van der Waals surface area contributed by atoms with Gasteiger partial charge in [-0.3, -0.25) is 0 Å². The summed E-state index contributed by atoms with van der Waals surface area (Å²) >= 11 is 0. The molecule has 1 aromatic heterocycles. The van der Waals surface area contributed by atoms with E-state index in [2.05, 4.69) is 10.5 Å². The standard InChI is InChI=1S/C8H12N2O2/c1-6-7(3-10-12-6)2-8(11)4-9-5-8/h3,9,11H,2,4-5H2,1H3. The molecule has 1 aliphatic heterocycles. The Morgan fingerprint density at radius 1 is 1.75 bits per heavy atom. The van der Waals surface area contributed by atoms with Gasteiger partial charge in [-0.2, -0.15) is 0 Å². The largest absolute Gasteiger partial charge is 0.387 e. The molecule has 0 unspecified atom stereocenters. The number of hydrogen-bond acceptors (Lipinski definition) is 4. The Morgan fingerprint density at radius 3 is 2.92 bits per heavy atom. The highest BCUT2D eigenvalue weighted by atomic mass is 16.5. The van der Waals surface area contributed by atoms with E-state index in [0.29, 0.717) is 19.5 Å². The third-order valence-electron chi connectivity index (χ3n) is 2.28. The Morgan fingerprint density at radius 2 is 2.50 bits per heavy atom. The van der Waals surface area contributed by atoms with Crippen LogP contribution in [0.3, 0.4) is 0 Å². The van der Waals surface area contributed by atoms with Crippen LogP contribution in [0, 0.1) is 6.92 Å². The summed E-state index contributed by atoms with van der Waals surface area (Å²) in [6.07, 6.45) is 2.31. The average Bonchev–Trinajstić information content (AvgIpc) is 2.34. The zero-order valence-electron chi connectivity index (χ0n) is 7.00. The van der Waals surface area contributed by atoms with Crippen LogP contribution in [0.15, 0.2) is 10.7 Å². The fourth-order valence-corrected chi connectivity index (χ4v) is 1.38. The number of aliphatic hydroxyl groups is 1. The molecule has 0 bridgehead atoms. The van der Waals surface area contributed by atoms with Gasteiger partial charge in [-0.1, -0.05) is 5.16 Å². The van der Waals surface area contributed by atoms with Crippen LogP contribution in [0.5, 0.6) is 0 Å². The zero-order valence-corrected chi connectivity index (χ0v) is 7.00. The van der Waals surface area contributed by atoms with E-state index in [0.717, 1.165) is 11.3 Å². The molecule has 12 heavy (non-hydrogen) atoms. The fourth-order valence-electron chi connectivity index (χ4n) is 1.38. The van der Waals surface area contributed by atoms with Crippen molar-refractivity contribution in [3.8, 4) is 0 Å². The number of hydrogen-bond donors (Lipinski definition) is 2. The number of aryl methyl sites for hydroxylation is 1. The summed E-state index contributed by atoms with van der Waals surface area (Å²) < 4.78 is 4.90. The number of β-amino-alcohol motifs (C(OH)–C–C–N with tert-alkyl or cyclic N) is 1. The Hall–Kier alpha value is -0.870. The van der Waals surface area contributed by atoms with E-state index in [-0.39, 0.29) is 0 Å². The van der Waals surface area contributed by atoms with Crippen molar-refractivity contribution in [1.29, 1.82) is 0 Å². The lowest BCUT2D eigenvalue weighted by Crippen LogP contribution is -2.60. The normalized spacial score (nSPS) is 20.5. The molecule has 0 aromatic carbocycles. The van der Waals surface area contributed by atoms with Gasteiger partial charge in [0.15, 0.2) is 0 Å². The van der Waals surface area contributed by atoms with E-state index in [9.17, 15) is 5.11 Å². The minimum atomic E-state index is -0.573. The summed E-state index contributed by atoms with van der Waals surface area (Å²) in [6, 6.07) is 0. The molecule has 4 nitrogen and oxygen atoms in total. The first-order valence-corrected chi connectivity index (χ1v) is 4.03. The van der Waals surface area contributed by atoms with Crippen LogP contribution in [0.4, 0.5) is 0 Å². The highest BCUT2D eigenvalue weighted by Gasteiger charge is 2.35. The molecule has 1 aromatic rings. The van der Waals surface area contributed by atoms with E-state index < -0.39 is 5.60 Å². The topological polar surface area (TPSA) is 58.3 Å². The summed E-state index contributed by atoms with van der Waals surface area (Å²) in [4.78, 5) is 0. The van der Waals surface area contributed by atoms with Gasteiger partial charge in [-0.15, -0.1) is 0 Å². The van der Waals surface area contributed by atoms with Crippen LogP contribution in [0.1, 0.15) is 11.3 Å². The zero-order chi connectivity index (χ0) is 8.60. The van der Waals surface area contributed by atoms with Crippen LogP contribution in [-0.2, 0) is 6.42 Å². The molecule has 2 heterocycles. The van der Waals surface area contributed by atoms with Crippen molar-refractivity contribution in [1.82, 2.24) is 10.5 Å². The van der Waals surface area contributed by atoms with Gasteiger partial charge in [0.2, 0.25) is 0 Å². The minimum absolute atomic E-state index is 0.573. The Balaban J connectivity index is 2.08. The molecule has 0 atom stereocenters. The highest BCUT2D eigenvalue weighted by molar-refractivity contribution is 5.16. The first kappa shape index (κ1) is 7.76. The molecule has 4 heteroatoms. The van der Waals surface area contributed by atoms with Gasteiger partial charge in [0.05, 0.1) is 11.8 Å². The number of aromatic nitrogens is 1. The van der Waals surface area contributed by atoms with Gasteiger partial charge in [0.25, 0.3) is 0 Å². The van der Waals surface area contributed by atoms with Gasteiger partial charge in [0, 0.05) is 25.1 Å². The predicted molar refractivity (Wildman–Crippen MR) is 42.8 cm³/mol. The van der Waals surface area contributed by atoms with Crippen LogP contribution >= 0.6 is 0 Å². The van der Waals surface area contributed by atoms with Crippen LogP contribution < -0.4 is 5.32 Å². The fraction of sp³-hybridized carbons (Fsp3) is 0.625. The second-order valence-electron chi connectivity index (χ2n) is 3.41. The molecular formula is C8H12N2O2. The van der Waals surface area contributed by atoms with Gasteiger partial charge in [0.1, 0.15) is 5.76 Å². The first-order chi connectivity index (χ1) is 5.70. The lowest BCUT2D eigenvalue weighted by Gasteiger charge is -2.37. The third-order valence-corrected chi connectivity index (χ3v) is 2.28. The van der Waals surface area contributed by atoms with Crippen molar-refractivity contribution in [3.05, 3.63) is 17.5 Å². The molecular weight excluding hydrogens is 156 g/mol. The average molecular weight is 168 g/mol. The van der Waals surface area contributed by atoms with Gasteiger partial charge in [-0.25, -0.2) is 0 Å². The SMILES string of the molecule is Cc1oncc1CC1(O)CNC1. The van der Waals surface area contributed by atoms with Crippen molar-refractivity contribution >= 4 is 0 Å². The highest BCUT2D eigenvalue weighted by Crippen LogP contribution is 2.19. The molecule has 66 valence electrons. The summed E-state index contributed by atoms with van der Waals surface area (Å²) in [5.74, 6) is 0.801. The molecule has 1 saturated heterocycles. The van der Waals surface area contributed by atoms with Crippen LogP contribution in [0.25, 0.3) is 0 Å². The Kier molecular flexibility index (Phi) is 1.66. The molecule has 0 spiro atoms. The maximum Gasteiger partial charge on any atom is 0.136 e. The quantitative estimate of drug-likeness (QED) is 0.645. The summed E-state index contributed by atoms with van der Waals surface area (Å²) in [5.41, 5.74) is 0.426. The molecule has 0 radical (unpaired) electrons. The van der Waals surface area contributed by atoms with Crippen LogP contribution in [-0.4, -0.2) is 29.0 Å². The second kappa shape index (κ2) is 2.57. The minimum Gasteiger partial charge on any atom is -0.387 e. The lowest BCUT2D eigenvalue weighted by molar-refractivity contribution is -0.00929.